The summed E-state index contributed by atoms with van der Waals surface area (Å²) in [5.74, 6) is -0.151. The van der Waals surface area contributed by atoms with E-state index in [9.17, 15) is 4.79 Å². The van der Waals surface area contributed by atoms with Crippen LogP contribution in [0.1, 0.15) is 16.9 Å². The summed E-state index contributed by atoms with van der Waals surface area (Å²) in [6.45, 7) is 2.87. The molecule has 0 saturated carbocycles. The van der Waals surface area contributed by atoms with E-state index in [1.807, 2.05) is 0 Å². The van der Waals surface area contributed by atoms with E-state index < -0.39 is 5.97 Å². The minimum Gasteiger partial charge on any atom is -0.476 e. The zero-order chi connectivity index (χ0) is 12.3. The molecule has 17 heavy (non-hydrogen) atoms. The minimum absolute atomic E-state index is 0.0150. The lowest BCUT2D eigenvalue weighted by Gasteiger charge is -2.12. The maximum absolute atomic E-state index is 10.9. The highest BCUT2D eigenvalue weighted by molar-refractivity contribution is 5.90. The van der Waals surface area contributed by atoms with Gasteiger partial charge in [-0.25, -0.2) is 14.8 Å². The Bertz CT molecular complexity index is 410. The van der Waals surface area contributed by atoms with Crippen molar-refractivity contribution in [2.45, 2.75) is 6.42 Å². The monoisotopic (exact) mass is 236 g/mol. The smallest absolute Gasteiger partial charge is 0.358 e. The van der Waals surface area contributed by atoms with Crippen LogP contribution in [0.2, 0.25) is 0 Å². The third kappa shape index (κ3) is 2.91. The summed E-state index contributed by atoms with van der Waals surface area (Å²) in [4.78, 5) is 21.0. The summed E-state index contributed by atoms with van der Waals surface area (Å²) in [5.41, 5.74) is -0.0150. The fourth-order valence-electron chi connectivity index (χ4n) is 2.06. The Morgan fingerprint density at radius 3 is 3.00 bits per heavy atom. The highest BCUT2D eigenvalue weighted by Gasteiger charge is 2.20. The Kier molecular flexibility index (Phi) is 3.53. The number of rotatable bonds is 4. The molecule has 1 atom stereocenters. The second kappa shape index (κ2) is 5.09. The molecule has 0 spiro atoms. The third-order valence-corrected chi connectivity index (χ3v) is 2.95. The Hall–Kier alpha value is -1.69. The van der Waals surface area contributed by atoms with Gasteiger partial charge in [0.25, 0.3) is 0 Å². The quantitative estimate of drug-likeness (QED) is 0.794. The van der Waals surface area contributed by atoms with E-state index in [2.05, 4.69) is 27.2 Å². The van der Waals surface area contributed by atoms with E-state index in [1.165, 1.54) is 12.4 Å². The Morgan fingerprint density at radius 2 is 2.35 bits per heavy atom. The van der Waals surface area contributed by atoms with Gasteiger partial charge in [0.05, 0.1) is 0 Å². The molecule has 1 aliphatic rings. The van der Waals surface area contributed by atoms with Crippen LogP contribution in [0, 0.1) is 5.92 Å². The van der Waals surface area contributed by atoms with Crippen molar-refractivity contribution in [2.24, 2.45) is 5.92 Å². The molecule has 0 aromatic carbocycles. The molecule has 92 valence electrons. The first-order chi connectivity index (χ1) is 8.16. The number of carboxylic acid groups (broad SMARTS) is 1. The summed E-state index contributed by atoms with van der Waals surface area (Å²) in [5, 5.41) is 12.0. The average molecular weight is 236 g/mol. The van der Waals surface area contributed by atoms with Gasteiger partial charge in [-0.05, 0) is 25.9 Å². The molecule has 1 unspecified atom stereocenters. The van der Waals surface area contributed by atoms with Gasteiger partial charge in [0.15, 0.2) is 11.5 Å². The van der Waals surface area contributed by atoms with E-state index in [0.29, 0.717) is 11.7 Å². The second-order valence-electron chi connectivity index (χ2n) is 4.36. The lowest BCUT2D eigenvalue weighted by molar-refractivity contribution is 0.0691. The van der Waals surface area contributed by atoms with Crippen LogP contribution >= 0.6 is 0 Å². The van der Waals surface area contributed by atoms with Crippen LogP contribution in [0.4, 0.5) is 5.82 Å². The zero-order valence-electron chi connectivity index (χ0n) is 9.76. The minimum atomic E-state index is -1.05. The van der Waals surface area contributed by atoms with E-state index in [1.54, 1.807) is 0 Å². The van der Waals surface area contributed by atoms with Crippen molar-refractivity contribution < 1.29 is 9.90 Å². The zero-order valence-corrected chi connectivity index (χ0v) is 9.76. The molecule has 2 heterocycles. The summed E-state index contributed by atoms with van der Waals surface area (Å²) in [6.07, 6.45) is 4.01. The molecule has 0 amide bonds. The van der Waals surface area contributed by atoms with E-state index in [-0.39, 0.29) is 5.69 Å². The van der Waals surface area contributed by atoms with Crippen LogP contribution < -0.4 is 5.32 Å². The second-order valence-corrected chi connectivity index (χ2v) is 4.36. The molecule has 1 aromatic rings. The first-order valence-electron chi connectivity index (χ1n) is 5.63. The van der Waals surface area contributed by atoms with Gasteiger partial charge in [0, 0.05) is 25.5 Å². The van der Waals surface area contributed by atoms with Crippen molar-refractivity contribution in [3.05, 3.63) is 18.1 Å². The first kappa shape index (κ1) is 11.8. The highest BCUT2D eigenvalue weighted by Crippen LogP contribution is 2.16. The molecule has 1 aromatic heterocycles. The van der Waals surface area contributed by atoms with Gasteiger partial charge in [0.1, 0.15) is 0 Å². The fourth-order valence-corrected chi connectivity index (χ4v) is 2.06. The summed E-state index contributed by atoms with van der Waals surface area (Å²) in [6, 6.07) is 0. The van der Waals surface area contributed by atoms with Crippen molar-refractivity contribution >= 4 is 11.8 Å². The molecule has 1 saturated heterocycles. The summed E-state index contributed by atoms with van der Waals surface area (Å²) < 4.78 is 0. The van der Waals surface area contributed by atoms with Crippen molar-refractivity contribution in [3.63, 3.8) is 0 Å². The summed E-state index contributed by atoms with van der Waals surface area (Å²) >= 11 is 0. The molecule has 0 aliphatic carbocycles. The number of nitrogens with one attached hydrogen (secondary N) is 1. The van der Waals surface area contributed by atoms with Crippen LogP contribution in [0.3, 0.4) is 0 Å². The topological polar surface area (TPSA) is 78.3 Å². The highest BCUT2D eigenvalue weighted by atomic mass is 16.4. The van der Waals surface area contributed by atoms with E-state index in [0.717, 1.165) is 26.1 Å². The fraction of sp³-hybridized carbons (Fsp3) is 0.545. The Balaban J connectivity index is 1.97. The van der Waals surface area contributed by atoms with Crippen LogP contribution in [0.15, 0.2) is 12.4 Å². The number of carbonyl (C=O) groups is 1. The van der Waals surface area contributed by atoms with Crippen molar-refractivity contribution in [3.8, 4) is 0 Å². The molecule has 6 nitrogen and oxygen atoms in total. The first-order valence-corrected chi connectivity index (χ1v) is 5.63. The van der Waals surface area contributed by atoms with Crippen molar-refractivity contribution in [1.82, 2.24) is 14.9 Å². The van der Waals surface area contributed by atoms with Gasteiger partial charge >= 0.3 is 5.97 Å². The molecule has 0 radical (unpaired) electrons. The van der Waals surface area contributed by atoms with Gasteiger partial charge in [-0.1, -0.05) is 0 Å². The number of hydrogen-bond donors (Lipinski definition) is 2. The van der Waals surface area contributed by atoms with Gasteiger partial charge in [-0.3, -0.25) is 0 Å². The maximum Gasteiger partial charge on any atom is 0.358 e. The number of hydrogen-bond acceptors (Lipinski definition) is 5. The lowest BCUT2D eigenvalue weighted by Crippen LogP contribution is -2.20. The predicted octanol–water partition coefficient (Wildman–Crippen LogP) is 0.538. The van der Waals surface area contributed by atoms with E-state index in [4.69, 9.17) is 5.11 Å². The van der Waals surface area contributed by atoms with Gasteiger partial charge in [0.2, 0.25) is 0 Å². The molecule has 2 rings (SSSR count). The van der Waals surface area contributed by atoms with Crippen molar-refractivity contribution in [1.29, 1.82) is 0 Å². The molecule has 2 N–H and O–H groups in total. The van der Waals surface area contributed by atoms with Crippen LogP contribution in [-0.4, -0.2) is 52.6 Å². The number of nitrogens with zero attached hydrogens (tertiary/aromatic N) is 3. The SMILES string of the molecule is CN1CCC(CNc2nccnc2C(=O)O)C1. The molecular weight excluding hydrogens is 220 g/mol. The van der Waals surface area contributed by atoms with Crippen LogP contribution in [0.25, 0.3) is 0 Å². The number of likely N-dealkylation sites (tertiary alicyclic amines) is 1. The summed E-state index contributed by atoms with van der Waals surface area (Å²) in [7, 11) is 2.09. The maximum atomic E-state index is 10.9. The van der Waals surface area contributed by atoms with Crippen molar-refractivity contribution in [2.75, 3.05) is 32.0 Å². The Labute approximate surface area is 99.7 Å². The number of carboxylic acids is 1. The largest absolute Gasteiger partial charge is 0.476 e. The average Bonchev–Trinajstić information content (AvgIpc) is 2.73. The normalized spacial score (nSPS) is 20.4. The molecular formula is C11H16N4O2. The van der Waals surface area contributed by atoms with Crippen LogP contribution in [0.5, 0.6) is 0 Å². The van der Waals surface area contributed by atoms with E-state index >= 15 is 0 Å². The third-order valence-electron chi connectivity index (χ3n) is 2.95. The predicted molar refractivity (Wildman–Crippen MR) is 63.1 cm³/mol. The molecule has 0 bridgehead atoms. The van der Waals surface area contributed by atoms with Gasteiger partial charge in [-0.15, -0.1) is 0 Å². The van der Waals surface area contributed by atoms with Gasteiger partial charge in [-0.2, -0.15) is 0 Å². The molecule has 6 heteroatoms. The molecule has 1 aliphatic heterocycles. The lowest BCUT2D eigenvalue weighted by atomic mass is 10.1. The molecule has 1 fully saturated rings. The van der Waals surface area contributed by atoms with Gasteiger partial charge < -0.3 is 15.3 Å². The number of anilines is 1. The number of aromatic nitrogens is 2. The van der Waals surface area contributed by atoms with Crippen LogP contribution in [-0.2, 0) is 0 Å². The number of aromatic carboxylic acids is 1. The Morgan fingerprint density at radius 1 is 1.59 bits per heavy atom. The standard InChI is InChI=1S/C11H16N4O2/c1-15-5-2-8(7-15)6-14-10-9(11(16)17)12-3-4-13-10/h3-4,8H,2,5-7H2,1H3,(H,13,14)(H,16,17).